The van der Waals surface area contributed by atoms with Gasteiger partial charge in [0.15, 0.2) is 0 Å². The zero-order valence-electron chi connectivity index (χ0n) is 13.6. The first kappa shape index (κ1) is 17.0. The Morgan fingerprint density at radius 3 is 2.64 bits per heavy atom. The van der Waals surface area contributed by atoms with Crippen LogP contribution in [-0.4, -0.2) is 62.8 Å². The number of aryl methyl sites for hydroxylation is 1. The van der Waals surface area contributed by atoms with Crippen molar-refractivity contribution < 1.29 is 17.6 Å². The Kier molecular flexibility index (Phi) is 4.65. The fourth-order valence-electron chi connectivity index (χ4n) is 2.47. The van der Waals surface area contributed by atoms with Gasteiger partial charge < -0.3 is 14.6 Å². The molecule has 2 heterocycles. The summed E-state index contributed by atoms with van der Waals surface area (Å²) >= 11 is 0. The summed E-state index contributed by atoms with van der Waals surface area (Å²) in [5.74, 6) is 0.131. The zero-order valence-corrected chi connectivity index (χ0v) is 14.4. The minimum atomic E-state index is -3.68. The van der Waals surface area contributed by atoms with Crippen LogP contribution in [0.4, 0.5) is 0 Å². The summed E-state index contributed by atoms with van der Waals surface area (Å²) in [6.07, 6.45) is 0. The molecular weight excluding hydrogens is 306 g/mol. The van der Waals surface area contributed by atoms with E-state index >= 15 is 0 Å². The van der Waals surface area contributed by atoms with E-state index in [0.717, 1.165) is 10.8 Å². The normalized spacial score (nSPS) is 23.1. The van der Waals surface area contributed by atoms with Crippen molar-refractivity contribution in [2.45, 2.75) is 37.9 Å². The highest BCUT2D eigenvalue weighted by molar-refractivity contribution is 7.88. The molecule has 0 aromatic carbocycles. The van der Waals surface area contributed by atoms with Crippen LogP contribution in [0.5, 0.6) is 0 Å². The van der Waals surface area contributed by atoms with Crippen LogP contribution in [0.25, 0.3) is 0 Å². The summed E-state index contributed by atoms with van der Waals surface area (Å²) in [5.41, 5.74) is 0.307. The predicted octanol–water partition coefficient (Wildman–Crippen LogP) is 0.661. The van der Waals surface area contributed by atoms with Crippen LogP contribution in [-0.2, 0) is 10.0 Å². The molecular formula is C14H23N3O4S. The fraction of sp³-hybridized carbons (Fsp3) is 0.643. The molecule has 1 aliphatic rings. The number of sulfonamides is 1. The Morgan fingerprint density at radius 1 is 1.41 bits per heavy atom. The Labute approximate surface area is 131 Å². The van der Waals surface area contributed by atoms with Crippen LogP contribution in [0.3, 0.4) is 0 Å². The lowest BCUT2D eigenvalue weighted by atomic mass is 10.1. The van der Waals surface area contributed by atoms with E-state index in [1.807, 2.05) is 13.8 Å². The molecule has 1 fully saturated rings. The molecule has 2 atom stereocenters. The number of nitrogens with one attached hydrogen (secondary N) is 1. The molecule has 0 bridgehead atoms. The van der Waals surface area contributed by atoms with E-state index < -0.39 is 10.0 Å². The standard InChI is InChI=1S/C14H23N3O4S/c1-9-10(2)17(7-6-15-9)14(18)12-8-13(21-11(12)3)22(19,20)16(4)5/h8-10,15H,6-7H2,1-5H3. The number of carbonyl (C=O) groups excluding carboxylic acids is 1. The maximum Gasteiger partial charge on any atom is 0.275 e. The van der Waals surface area contributed by atoms with Crippen LogP contribution < -0.4 is 5.32 Å². The number of amides is 1. The summed E-state index contributed by atoms with van der Waals surface area (Å²) in [6, 6.07) is 1.55. The SMILES string of the molecule is Cc1oc(S(=O)(=O)N(C)C)cc1C(=O)N1CCNC(C)C1C. The number of carbonyl (C=O) groups is 1. The monoisotopic (exact) mass is 329 g/mol. The summed E-state index contributed by atoms with van der Waals surface area (Å²) in [5, 5.41) is 3.11. The van der Waals surface area contributed by atoms with Crippen LogP contribution in [0.2, 0.25) is 0 Å². The van der Waals surface area contributed by atoms with Crippen molar-refractivity contribution in [3.8, 4) is 0 Å². The number of nitrogens with zero attached hydrogens (tertiary/aromatic N) is 2. The van der Waals surface area contributed by atoms with Gasteiger partial charge in [0.25, 0.3) is 15.9 Å². The number of piperazine rings is 1. The van der Waals surface area contributed by atoms with Crippen molar-refractivity contribution >= 4 is 15.9 Å². The van der Waals surface area contributed by atoms with Gasteiger partial charge in [-0.3, -0.25) is 4.79 Å². The lowest BCUT2D eigenvalue weighted by molar-refractivity contribution is 0.0601. The van der Waals surface area contributed by atoms with Gasteiger partial charge in [0, 0.05) is 45.3 Å². The van der Waals surface area contributed by atoms with Crippen molar-refractivity contribution in [1.29, 1.82) is 0 Å². The maximum absolute atomic E-state index is 12.7. The molecule has 0 spiro atoms. The quantitative estimate of drug-likeness (QED) is 0.881. The first-order chi connectivity index (χ1) is 10.2. The Morgan fingerprint density at radius 2 is 2.05 bits per heavy atom. The lowest BCUT2D eigenvalue weighted by Crippen LogP contribution is -2.57. The van der Waals surface area contributed by atoms with E-state index in [1.54, 1.807) is 11.8 Å². The molecule has 2 unspecified atom stereocenters. The molecule has 1 amide bonds. The van der Waals surface area contributed by atoms with Crippen molar-refractivity contribution in [2.75, 3.05) is 27.2 Å². The van der Waals surface area contributed by atoms with Gasteiger partial charge in [-0.25, -0.2) is 12.7 Å². The predicted molar refractivity (Wildman–Crippen MR) is 82.3 cm³/mol. The highest BCUT2D eigenvalue weighted by atomic mass is 32.2. The van der Waals surface area contributed by atoms with Crippen molar-refractivity contribution in [3.63, 3.8) is 0 Å². The molecule has 1 aliphatic heterocycles. The molecule has 22 heavy (non-hydrogen) atoms. The van der Waals surface area contributed by atoms with Gasteiger partial charge in [0.05, 0.1) is 5.56 Å². The fourth-order valence-corrected chi connectivity index (χ4v) is 3.33. The number of rotatable bonds is 3. The van der Waals surface area contributed by atoms with Gasteiger partial charge in [-0.05, 0) is 20.8 Å². The highest BCUT2D eigenvalue weighted by Crippen LogP contribution is 2.24. The second kappa shape index (κ2) is 6.02. The molecule has 1 aromatic rings. The molecule has 0 radical (unpaired) electrons. The number of hydrogen-bond acceptors (Lipinski definition) is 5. The van der Waals surface area contributed by atoms with Crippen LogP contribution >= 0.6 is 0 Å². The zero-order chi connectivity index (χ0) is 16.7. The molecule has 1 aromatic heterocycles. The van der Waals surface area contributed by atoms with Crippen LogP contribution in [0.15, 0.2) is 15.6 Å². The molecule has 124 valence electrons. The Balaban J connectivity index is 2.34. The topological polar surface area (TPSA) is 82.9 Å². The van der Waals surface area contributed by atoms with E-state index in [9.17, 15) is 13.2 Å². The third-order valence-corrected chi connectivity index (χ3v) is 5.83. The van der Waals surface area contributed by atoms with Crippen molar-refractivity contribution in [3.05, 3.63) is 17.4 Å². The minimum Gasteiger partial charge on any atom is -0.448 e. The second-order valence-corrected chi connectivity index (χ2v) is 7.89. The van der Waals surface area contributed by atoms with Gasteiger partial charge >= 0.3 is 0 Å². The summed E-state index contributed by atoms with van der Waals surface area (Å²) in [6.45, 7) is 6.91. The maximum atomic E-state index is 12.7. The Bertz CT molecular complexity index is 666. The van der Waals surface area contributed by atoms with Crippen molar-refractivity contribution in [1.82, 2.24) is 14.5 Å². The van der Waals surface area contributed by atoms with E-state index in [0.29, 0.717) is 17.9 Å². The van der Waals surface area contributed by atoms with E-state index in [1.165, 1.54) is 20.2 Å². The summed E-state index contributed by atoms with van der Waals surface area (Å²) < 4.78 is 30.6. The first-order valence-electron chi connectivity index (χ1n) is 7.23. The summed E-state index contributed by atoms with van der Waals surface area (Å²) in [4.78, 5) is 14.5. The number of furan rings is 1. The molecule has 2 rings (SSSR count). The molecule has 1 saturated heterocycles. The number of hydrogen-bond donors (Lipinski definition) is 1. The molecule has 8 heteroatoms. The highest BCUT2D eigenvalue weighted by Gasteiger charge is 2.32. The van der Waals surface area contributed by atoms with Gasteiger partial charge in [-0.2, -0.15) is 0 Å². The van der Waals surface area contributed by atoms with Crippen LogP contribution in [0.1, 0.15) is 30.0 Å². The van der Waals surface area contributed by atoms with E-state index in [4.69, 9.17) is 4.42 Å². The second-order valence-electron chi connectivity index (χ2n) is 5.80. The van der Waals surface area contributed by atoms with Gasteiger partial charge in [-0.15, -0.1) is 0 Å². The largest absolute Gasteiger partial charge is 0.448 e. The summed E-state index contributed by atoms with van der Waals surface area (Å²) in [7, 11) is -0.833. The van der Waals surface area contributed by atoms with Crippen LogP contribution in [0, 0.1) is 6.92 Å². The first-order valence-corrected chi connectivity index (χ1v) is 8.67. The average molecular weight is 329 g/mol. The van der Waals surface area contributed by atoms with Gasteiger partial charge in [0.2, 0.25) is 5.09 Å². The third-order valence-electron chi connectivity index (χ3n) is 4.16. The molecule has 0 aliphatic carbocycles. The minimum absolute atomic E-state index is 0.0319. The van der Waals surface area contributed by atoms with Crippen molar-refractivity contribution in [2.24, 2.45) is 0 Å². The van der Waals surface area contributed by atoms with E-state index in [-0.39, 0.29) is 23.1 Å². The smallest absolute Gasteiger partial charge is 0.275 e. The average Bonchev–Trinajstić information content (AvgIpc) is 2.83. The van der Waals surface area contributed by atoms with Gasteiger partial charge in [0.1, 0.15) is 5.76 Å². The molecule has 0 saturated carbocycles. The third kappa shape index (κ3) is 2.90. The molecule has 7 nitrogen and oxygen atoms in total. The van der Waals surface area contributed by atoms with Gasteiger partial charge in [-0.1, -0.05) is 0 Å². The molecule has 1 N–H and O–H groups in total. The lowest BCUT2D eigenvalue weighted by Gasteiger charge is -2.38. The Hall–Kier alpha value is -1.38. The van der Waals surface area contributed by atoms with E-state index in [2.05, 4.69) is 5.32 Å².